The normalized spacial score (nSPS) is 22.6. The van der Waals surface area contributed by atoms with Gasteiger partial charge in [0.2, 0.25) is 5.95 Å². The van der Waals surface area contributed by atoms with E-state index in [-0.39, 0.29) is 17.6 Å². The summed E-state index contributed by atoms with van der Waals surface area (Å²) in [5.41, 5.74) is 3.93. The molecule has 3 heterocycles. The number of anilines is 1. The summed E-state index contributed by atoms with van der Waals surface area (Å²) >= 11 is 0. The Labute approximate surface area is 146 Å². The van der Waals surface area contributed by atoms with Crippen LogP contribution in [0.1, 0.15) is 41.5 Å². The largest absolute Gasteiger partial charge is 0.377 e. The fraction of sp³-hybridized carbons (Fsp3) is 0.556. The lowest BCUT2D eigenvalue weighted by Gasteiger charge is -2.23. The first-order valence-electron chi connectivity index (χ1n) is 8.88. The van der Waals surface area contributed by atoms with Gasteiger partial charge < -0.3 is 10.1 Å². The van der Waals surface area contributed by atoms with Crippen LogP contribution < -0.4 is 10.9 Å². The summed E-state index contributed by atoms with van der Waals surface area (Å²) in [6.45, 7) is 4.86. The molecular formula is C18H23N5O2. The molecule has 0 spiro atoms. The van der Waals surface area contributed by atoms with Gasteiger partial charge in [0.1, 0.15) is 6.04 Å². The average molecular weight is 341 g/mol. The molecule has 2 aliphatic rings. The zero-order valence-electron chi connectivity index (χ0n) is 14.7. The lowest BCUT2D eigenvalue weighted by Crippen LogP contribution is -2.38. The molecule has 0 aromatic carbocycles. The lowest BCUT2D eigenvalue weighted by molar-refractivity contribution is 0.182. The van der Waals surface area contributed by atoms with Crippen LogP contribution in [0.15, 0.2) is 16.9 Å². The van der Waals surface area contributed by atoms with Gasteiger partial charge in [0.15, 0.2) is 0 Å². The summed E-state index contributed by atoms with van der Waals surface area (Å²) in [5.74, 6) is 0.573. The van der Waals surface area contributed by atoms with Gasteiger partial charge in [-0.25, -0.2) is 14.6 Å². The number of nitrogens with one attached hydrogen (secondary N) is 1. The van der Waals surface area contributed by atoms with Crippen molar-refractivity contribution in [3.63, 3.8) is 0 Å². The topological polar surface area (TPSA) is 81.9 Å². The summed E-state index contributed by atoms with van der Waals surface area (Å²) in [5, 5.41) is 8.00. The van der Waals surface area contributed by atoms with Crippen molar-refractivity contribution in [1.82, 2.24) is 19.7 Å². The van der Waals surface area contributed by atoms with Crippen molar-refractivity contribution in [3.8, 4) is 0 Å². The molecule has 1 fully saturated rings. The zero-order valence-corrected chi connectivity index (χ0v) is 14.7. The molecule has 1 aliphatic heterocycles. The van der Waals surface area contributed by atoms with Crippen LogP contribution in [-0.2, 0) is 17.6 Å². The Bertz CT molecular complexity index is 828. The van der Waals surface area contributed by atoms with E-state index < -0.39 is 0 Å². The lowest BCUT2D eigenvalue weighted by atomic mass is 9.97. The van der Waals surface area contributed by atoms with Crippen LogP contribution in [0.4, 0.5) is 5.95 Å². The van der Waals surface area contributed by atoms with E-state index in [9.17, 15) is 4.79 Å². The maximum atomic E-state index is 12.6. The molecule has 7 nitrogen and oxygen atoms in total. The Morgan fingerprint density at radius 2 is 1.88 bits per heavy atom. The Kier molecular flexibility index (Phi) is 4.25. The van der Waals surface area contributed by atoms with Crippen molar-refractivity contribution in [2.45, 2.75) is 51.6 Å². The first kappa shape index (κ1) is 16.2. The molecule has 0 bridgehead atoms. The van der Waals surface area contributed by atoms with Gasteiger partial charge in [-0.2, -0.15) is 5.10 Å². The zero-order chi connectivity index (χ0) is 17.4. The van der Waals surface area contributed by atoms with Gasteiger partial charge in [-0.05, 0) is 51.2 Å². The molecule has 2 aromatic heterocycles. The third-order valence-corrected chi connectivity index (χ3v) is 4.89. The molecule has 2 atom stereocenters. The van der Waals surface area contributed by atoms with E-state index in [0.717, 1.165) is 48.3 Å². The van der Waals surface area contributed by atoms with E-state index in [2.05, 4.69) is 20.4 Å². The summed E-state index contributed by atoms with van der Waals surface area (Å²) in [7, 11) is 0. The van der Waals surface area contributed by atoms with Gasteiger partial charge in [0.05, 0.1) is 24.9 Å². The Hall–Kier alpha value is -2.28. The standard InChI is InChI=1S/C18H23N5O2/c1-11-7-12(2)20-18(19-11)21-15-9-25-10-16(15)23-17(24)8-13-5-3-4-6-14(13)22-23/h7-8,15-16H,3-6,9-10H2,1-2H3,(H,19,20,21). The number of aryl methyl sites for hydroxylation is 4. The third kappa shape index (κ3) is 3.28. The van der Waals surface area contributed by atoms with Gasteiger partial charge in [0, 0.05) is 17.5 Å². The molecule has 2 unspecified atom stereocenters. The Morgan fingerprint density at radius 1 is 1.12 bits per heavy atom. The molecule has 4 rings (SSSR count). The highest BCUT2D eigenvalue weighted by atomic mass is 16.5. The second kappa shape index (κ2) is 6.55. The van der Waals surface area contributed by atoms with Crippen molar-refractivity contribution in [2.75, 3.05) is 18.5 Å². The molecule has 2 aromatic rings. The van der Waals surface area contributed by atoms with E-state index in [0.29, 0.717) is 19.2 Å². The quantitative estimate of drug-likeness (QED) is 0.913. The van der Waals surface area contributed by atoms with Gasteiger partial charge in [-0.3, -0.25) is 4.79 Å². The van der Waals surface area contributed by atoms with E-state index in [1.165, 1.54) is 0 Å². The molecule has 1 saturated heterocycles. The molecule has 0 radical (unpaired) electrons. The maximum absolute atomic E-state index is 12.6. The van der Waals surface area contributed by atoms with Crippen LogP contribution in [0.5, 0.6) is 0 Å². The summed E-state index contributed by atoms with van der Waals surface area (Å²) in [6, 6.07) is 3.46. The highest BCUT2D eigenvalue weighted by molar-refractivity contribution is 5.30. The van der Waals surface area contributed by atoms with E-state index >= 15 is 0 Å². The number of hydrogen-bond donors (Lipinski definition) is 1. The minimum absolute atomic E-state index is 0.0516. The number of aromatic nitrogens is 4. The molecular weight excluding hydrogens is 318 g/mol. The van der Waals surface area contributed by atoms with Crippen LogP contribution in [0.2, 0.25) is 0 Å². The number of hydrogen-bond acceptors (Lipinski definition) is 6. The van der Waals surface area contributed by atoms with Crippen molar-refractivity contribution in [3.05, 3.63) is 45.1 Å². The minimum Gasteiger partial charge on any atom is -0.377 e. The fourth-order valence-corrected chi connectivity index (χ4v) is 3.69. The monoisotopic (exact) mass is 341 g/mol. The summed E-state index contributed by atoms with van der Waals surface area (Å²) in [6.07, 6.45) is 4.18. The maximum Gasteiger partial charge on any atom is 0.267 e. The van der Waals surface area contributed by atoms with E-state index in [4.69, 9.17) is 4.74 Å². The minimum atomic E-state index is -0.149. The van der Waals surface area contributed by atoms with Gasteiger partial charge in [-0.1, -0.05) is 0 Å². The number of ether oxygens (including phenoxy) is 1. The molecule has 0 amide bonds. The highest BCUT2D eigenvalue weighted by Gasteiger charge is 2.32. The van der Waals surface area contributed by atoms with Gasteiger partial charge >= 0.3 is 0 Å². The molecule has 1 aliphatic carbocycles. The van der Waals surface area contributed by atoms with Crippen LogP contribution in [0.3, 0.4) is 0 Å². The van der Waals surface area contributed by atoms with Crippen LogP contribution in [0, 0.1) is 13.8 Å². The number of nitrogens with zero attached hydrogens (tertiary/aromatic N) is 4. The van der Waals surface area contributed by atoms with Crippen molar-refractivity contribution >= 4 is 5.95 Å². The fourth-order valence-electron chi connectivity index (χ4n) is 3.69. The summed E-state index contributed by atoms with van der Waals surface area (Å²) in [4.78, 5) is 21.4. The van der Waals surface area contributed by atoms with Gasteiger partial charge in [0.25, 0.3) is 5.56 Å². The Balaban J connectivity index is 1.62. The van der Waals surface area contributed by atoms with Crippen LogP contribution >= 0.6 is 0 Å². The van der Waals surface area contributed by atoms with Gasteiger partial charge in [-0.15, -0.1) is 0 Å². The second-order valence-corrected chi connectivity index (χ2v) is 6.94. The van der Waals surface area contributed by atoms with E-state index in [1.54, 1.807) is 10.7 Å². The average Bonchev–Trinajstić information content (AvgIpc) is 3.01. The highest BCUT2D eigenvalue weighted by Crippen LogP contribution is 2.23. The smallest absolute Gasteiger partial charge is 0.267 e. The molecule has 25 heavy (non-hydrogen) atoms. The number of fused-ring (bicyclic) bond motifs is 1. The first-order chi connectivity index (χ1) is 12.1. The van der Waals surface area contributed by atoms with Crippen LogP contribution in [0.25, 0.3) is 0 Å². The van der Waals surface area contributed by atoms with Crippen molar-refractivity contribution in [2.24, 2.45) is 0 Å². The predicted molar refractivity (Wildman–Crippen MR) is 93.9 cm³/mol. The van der Waals surface area contributed by atoms with Crippen LogP contribution in [-0.4, -0.2) is 39.0 Å². The predicted octanol–water partition coefficient (Wildman–Crippen LogP) is 1.58. The summed E-state index contributed by atoms with van der Waals surface area (Å²) < 4.78 is 7.23. The second-order valence-electron chi connectivity index (χ2n) is 6.94. The molecule has 7 heteroatoms. The van der Waals surface area contributed by atoms with Crippen molar-refractivity contribution in [1.29, 1.82) is 0 Å². The molecule has 1 N–H and O–H groups in total. The first-order valence-corrected chi connectivity index (χ1v) is 8.88. The van der Waals surface area contributed by atoms with Crippen molar-refractivity contribution < 1.29 is 4.74 Å². The molecule has 132 valence electrons. The Morgan fingerprint density at radius 3 is 2.68 bits per heavy atom. The third-order valence-electron chi connectivity index (χ3n) is 4.89. The SMILES string of the molecule is Cc1cc(C)nc(NC2COCC2n2nc3c(cc2=O)CCCC3)n1. The number of rotatable bonds is 3. The van der Waals surface area contributed by atoms with E-state index in [1.807, 2.05) is 19.9 Å². The molecule has 0 saturated carbocycles.